The highest BCUT2D eigenvalue weighted by Gasteiger charge is 2.35. The molecule has 0 fully saturated rings. The van der Waals surface area contributed by atoms with Gasteiger partial charge in [0.15, 0.2) is 5.78 Å². The highest BCUT2D eigenvalue weighted by molar-refractivity contribution is 7.18. The first-order valence-electron chi connectivity index (χ1n) is 10.1. The van der Waals surface area contributed by atoms with Gasteiger partial charge in [0.1, 0.15) is 10.8 Å². The van der Waals surface area contributed by atoms with Crippen LogP contribution in [0.2, 0.25) is 0 Å². The number of Topliss-reactive ketones (excluding diaryl/α,β-unsaturated/α-hetero) is 1. The molecule has 3 aromatic heterocycles. The third-order valence-electron chi connectivity index (χ3n) is 5.72. The van der Waals surface area contributed by atoms with E-state index in [4.69, 9.17) is 4.98 Å². The van der Waals surface area contributed by atoms with Crippen molar-refractivity contribution in [3.05, 3.63) is 78.1 Å². The van der Waals surface area contributed by atoms with Crippen LogP contribution in [-0.4, -0.2) is 20.7 Å². The van der Waals surface area contributed by atoms with E-state index >= 15 is 0 Å². The second-order valence-corrected chi connectivity index (χ2v) is 9.43. The monoisotopic (exact) mass is 429 g/mol. The molecule has 154 valence electrons. The minimum Gasteiger partial charge on any atom is -0.294 e. The summed E-state index contributed by atoms with van der Waals surface area (Å²) >= 11 is 1.46. The zero-order valence-electron chi connectivity index (χ0n) is 17.2. The van der Waals surface area contributed by atoms with Gasteiger partial charge >= 0.3 is 0 Å². The lowest BCUT2D eigenvalue weighted by molar-refractivity contribution is 0.0809. The predicted octanol–water partition coefficient (Wildman–Crippen LogP) is 6.23. The Hall–Kier alpha value is -3.25. The second kappa shape index (κ2) is 7.46. The van der Waals surface area contributed by atoms with Crippen LogP contribution in [-0.2, 0) is 6.42 Å². The largest absolute Gasteiger partial charge is 0.294 e. The summed E-state index contributed by atoms with van der Waals surface area (Å²) in [7, 11) is 0. The molecule has 0 aliphatic heterocycles. The van der Waals surface area contributed by atoms with Crippen LogP contribution in [0.4, 0.5) is 4.39 Å². The molecule has 0 amide bonds. The first-order chi connectivity index (χ1) is 14.9. The highest BCUT2D eigenvalue weighted by atomic mass is 32.1. The quantitative estimate of drug-likeness (QED) is 0.387. The van der Waals surface area contributed by atoms with Crippen LogP contribution < -0.4 is 0 Å². The molecule has 0 saturated heterocycles. The van der Waals surface area contributed by atoms with E-state index in [1.165, 1.54) is 23.5 Å². The zero-order valence-corrected chi connectivity index (χ0v) is 18.0. The van der Waals surface area contributed by atoms with Crippen molar-refractivity contribution in [3.63, 3.8) is 0 Å². The fraction of sp³-hybridized carbons (Fsp3) is 0.200. The molecule has 0 bridgehead atoms. The van der Waals surface area contributed by atoms with Crippen LogP contribution in [0.15, 0.2) is 61.1 Å². The number of aryl methyl sites for hydroxylation is 1. The van der Waals surface area contributed by atoms with E-state index in [-0.39, 0.29) is 17.0 Å². The molecule has 6 heteroatoms. The summed E-state index contributed by atoms with van der Waals surface area (Å²) in [5.41, 5.74) is 4.34. The zero-order chi connectivity index (χ0) is 21.6. The van der Waals surface area contributed by atoms with E-state index in [1.807, 2.05) is 44.2 Å². The average molecular weight is 430 g/mol. The van der Waals surface area contributed by atoms with Crippen LogP contribution in [0.1, 0.15) is 36.3 Å². The molecule has 0 radical (unpaired) electrons. The van der Waals surface area contributed by atoms with Crippen LogP contribution in [0, 0.1) is 11.2 Å². The summed E-state index contributed by atoms with van der Waals surface area (Å²) in [4.78, 5) is 26.9. The molecule has 0 spiro atoms. The van der Waals surface area contributed by atoms with Crippen LogP contribution in [0.3, 0.4) is 0 Å². The molecule has 3 heterocycles. The summed E-state index contributed by atoms with van der Waals surface area (Å²) in [6.45, 7) is 3.97. The number of nitrogens with zero attached hydrogens (tertiary/aromatic N) is 3. The maximum Gasteiger partial charge on any atom is 0.170 e. The van der Waals surface area contributed by atoms with E-state index in [0.717, 1.165) is 50.8 Å². The summed E-state index contributed by atoms with van der Waals surface area (Å²) in [5.74, 6) is -0.158. The van der Waals surface area contributed by atoms with Crippen LogP contribution in [0.5, 0.6) is 0 Å². The van der Waals surface area contributed by atoms with Crippen molar-refractivity contribution in [1.82, 2.24) is 15.0 Å². The SMILES string of the molecule is CC1(C)CCc2nc(-c3ncc(-c4cc(F)cc(-c5cccnc5)c4)s3)ccc2C1=O. The third kappa shape index (κ3) is 3.68. The van der Waals surface area contributed by atoms with Gasteiger partial charge in [-0.05, 0) is 60.4 Å². The Bertz CT molecular complexity index is 1300. The summed E-state index contributed by atoms with van der Waals surface area (Å²) in [6.07, 6.45) is 6.73. The fourth-order valence-electron chi connectivity index (χ4n) is 3.88. The molecule has 31 heavy (non-hydrogen) atoms. The lowest BCUT2D eigenvalue weighted by Crippen LogP contribution is -2.31. The van der Waals surface area contributed by atoms with Crippen molar-refractivity contribution in [2.24, 2.45) is 5.41 Å². The van der Waals surface area contributed by atoms with Gasteiger partial charge in [-0.25, -0.2) is 14.4 Å². The van der Waals surface area contributed by atoms with Gasteiger partial charge in [-0.2, -0.15) is 0 Å². The lowest BCUT2D eigenvalue weighted by Gasteiger charge is -2.28. The van der Waals surface area contributed by atoms with E-state index in [0.29, 0.717) is 5.56 Å². The van der Waals surface area contributed by atoms with Gasteiger partial charge in [0.25, 0.3) is 0 Å². The Labute approximate surface area is 183 Å². The molecular weight excluding hydrogens is 409 g/mol. The molecule has 1 aromatic carbocycles. The Morgan fingerprint density at radius 2 is 1.87 bits per heavy atom. The molecule has 4 aromatic rings. The third-order valence-corrected chi connectivity index (χ3v) is 6.79. The van der Waals surface area contributed by atoms with Gasteiger partial charge in [0.05, 0.1) is 16.3 Å². The number of carbonyl (C=O) groups excluding carboxylic acids is 1. The van der Waals surface area contributed by atoms with E-state index in [9.17, 15) is 9.18 Å². The Balaban J connectivity index is 1.49. The number of hydrogen-bond acceptors (Lipinski definition) is 5. The number of fused-ring (bicyclic) bond motifs is 1. The van der Waals surface area contributed by atoms with Crippen molar-refractivity contribution < 1.29 is 9.18 Å². The summed E-state index contributed by atoms with van der Waals surface area (Å²) in [5, 5.41) is 0.752. The molecule has 0 atom stereocenters. The van der Waals surface area contributed by atoms with Gasteiger partial charge in [0, 0.05) is 35.1 Å². The molecule has 0 N–H and O–H groups in total. The van der Waals surface area contributed by atoms with Crippen LogP contribution >= 0.6 is 11.3 Å². The molecule has 0 unspecified atom stereocenters. The van der Waals surface area contributed by atoms with Crippen molar-refractivity contribution >= 4 is 17.1 Å². The second-order valence-electron chi connectivity index (χ2n) is 8.40. The average Bonchev–Trinajstić information content (AvgIpc) is 3.27. The normalized spacial score (nSPS) is 15.0. The van der Waals surface area contributed by atoms with E-state index in [1.54, 1.807) is 18.6 Å². The maximum absolute atomic E-state index is 14.3. The van der Waals surface area contributed by atoms with Crippen molar-refractivity contribution in [2.45, 2.75) is 26.7 Å². The van der Waals surface area contributed by atoms with Gasteiger partial charge < -0.3 is 0 Å². The number of aromatic nitrogens is 3. The number of ketones is 1. The number of pyridine rings is 2. The minimum absolute atomic E-state index is 0.148. The smallest absolute Gasteiger partial charge is 0.170 e. The Kier molecular flexibility index (Phi) is 4.74. The summed E-state index contributed by atoms with van der Waals surface area (Å²) < 4.78 is 14.3. The van der Waals surface area contributed by atoms with E-state index < -0.39 is 0 Å². The molecule has 4 nitrogen and oxygen atoms in total. The Morgan fingerprint density at radius 3 is 2.68 bits per heavy atom. The standard InChI is InChI=1S/C25H20FN3OS/c1-25(2)8-7-20-19(23(25)30)5-6-21(29-20)24-28-14-22(31-24)17-10-16(11-18(26)12-17)15-4-3-9-27-13-15/h3-6,9-14H,7-8H2,1-2H3. The summed E-state index contributed by atoms with van der Waals surface area (Å²) in [6, 6.07) is 12.4. The van der Waals surface area contributed by atoms with Crippen molar-refractivity contribution in [3.8, 4) is 32.3 Å². The topological polar surface area (TPSA) is 55.7 Å². The molecule has 0 saturated carbocycles. The van der Waals surface area contributed by atoms with Crippen molar-refractivity contribution in [1.29, 1.82) is 0 Å². The number of hydrogen-bond donors (Lipinski definition) is 0. The van der Waals surface area contributed by atoms with Gasteiger partial charge in [-0.1, -0.05) is 19.9 Å². The van der Waals surface area contributed by atoms with Crippen molar-refractivity contribution in [2.75, 3.05) is 0 Å². The van der Waals surface area contributed by atoms with Gasteiger partial charge in [0.2, 0.25) is 0 Å². The maximum atomic E-state index is 14.3. The number of carbonyl (C=O) groups is 1. The predicted molar refractivity (Wildman–Crippen MR) is 120 cm³/mol. The van der Waals surface area contributed by atoms with Crippen LogP contribution in [0.25, 0.3) is 32.3 Å². The van der Waals surface area contributed by atoms with Gasteiger partial charge in [-0.15, -0.1) is 11.3 Å². The number of rotatable bonds is 3. The number of halogens is 1. The Morgan fingerprint density at radius 1 is 1.03 bits per heavy atom. The van der Waals surface area contributed by atoms with E-state index in [2.05, 4.69) is 9.97 Å². The molecule has 1 aliphatic rings. The first-order valence-corrected chi connectivity index (χ1v) is 10.9. The minimum atomic E-state index is -0.339. The fourth-order valence-corrected chi connectivity index (χ4v) is 4.76. The molecular formula is C25H20FN3OS. The van der Waals surface area contributed by atoms with Gasteiger partial charge in [-0.3, -0.25) is 9.78 Å². The number of benzene rings is 1. The molecule has 1 aliphatic carbocycles. The lowest BCUT2D eigenvalue weighted by atomic mass is 9.75. The molecule has 5 rings (SSSR count). The number of thiazole rings is 1. The first kappa shape index (κ1) is 19.7. The highest BCUT2D eigenvalue weighted by Crippen LogP contribution is 2.37.